The molecule has 0 fully saturated rings. The standard InChI is InChI=1S/C20H28Cl2N4O3/c1-3-18(25-13-15-5-6-16(21)17(22)11-15)26-20(28)19(14(2)12-23)24-7-10-29-9-4-8-27/h3,5-6,11-12,25,27H,4,7-10,13,23H2,1-2H3,(H,26,28). The van der Waals surface area contributed by atoms with Crippen molar-refractivity contribution in [2.75, 3.05) is 26.4 Å². The average molecular weight is 443 g/mol. The summed E-state index contributed by atoms with van der Waals surface area (Å²) in [6.45, 7) is 5.14. The zero-order chi connectivity index (χ0) is 21.6. The Morgan fingerprint density at radius 2 is 2.07 bits per heavy atom. The van der Waals surface area contributed by atoms with Crippen molar-refractivity contribution >= 4 is 34.8 Å². The lowest BCUT2D eigenvalue weighted by Gasteiger charge is -2.14. The predicted octanol–water partition coefficient (Wildman–Crippen LogP) is 2.76. The van der Waals surface area contributed by atoms with Crippen molar-refractivity contribution < 1.29 is 14.6 Å². The molecule has 160 valence electrons. The summed E-state index contributed by atoms with van der Waals surface area (Å²) in [6, 6.07) is 5.33. The van der Waals surface area contributed by atoms with Gasteiger partial charge in [-0.2, -0.15) is 0 Å². The van der Waals surface area contributed by atoms with Crippen molar-refractivity contribution in [2.24, 2.45) is 10.7 Å². The number of ether oxygens (including phenoxy) is 1. The fourth-order valence-electron chi connectivity index (χ4n) is 2.19. The molecule has 1 rings (SSSR count). The van der Waals surface area contributed by atoms with Crippen LogP contribution in [0.4, 0.5) is 0 Å². The van der Waals surface area contributed by atoms with E-state index in [1.165, 1.54) is 6.20 Å². The minimum absolute atomic E-state index is 0.0767. The Morgan fingerprint density at radius 1 is 1.31 bits per heavy atom. The maximum absolute atomic E-state index is 12.7. The molecule has 1 aromatic carbocycles. The first-order valence-corrected chi connectivity index (χ1v) is 9.95. The summed E-state index contributed by atoms with van der Waals surface area (Å²) in [7, 11) is 0. The Morgan fingerprint density at radius 3 is 2.69 bits per heavy atom. The highest BCUT2D eigenvalue weighted by Gasteiger charge is 2.14. The molecule has 0 unspecified atom stereocenters. The predicted molar refractivity (Wildman–Crippen MR) is 118 cm³/mol. The van der Waals surface area contributed by atoms with Crippen LogP contribution in [0.1, 0.15) is 25.8 Å². The van der Waals surface area contributed by atoms with Crippen molar-refractivity contribution in [3.63, 3.8) is 0 Å². The number of benzene rings is 1. The van der Waals surface area contributed by atoms with Gasteiger partial charge in [0.05, 0.1) is 23.2 Å². The van der Waals surface area contributed by atoms with Crippen LogP contribution >= 0.6 is 23.2 Å². The van der Waals surface area contributed by atoms with Crippen LogP contribution in [0.5, 0.6) is 0 Å². The zero-order valence-electron chi connectivity index (χ0n) is 16.7. The third-order valence-electron chi connectivity index (χ3n) is 3.79. The maximum atomic E-state index is 12.7. The van der Waals surface area contributed by atoms with Crippen LogP contribution in [-0.2, 0) is 16.1 Å². The monoisotopic (exact) mass is 442 g/mol. The van der Waals surface area contributed by atoms with Gasteiger partial charge in [0.2, 0.25) is 0 Å². The number of amides is 1. The van der Waals surface area contributed by atoms with Crippen LogP contribution in [0, 0.1) is 0 Å². The number of halogens is 2. The van der Waals surface area contributed by atoms with Gasteiger partial charge in [-0.3, -0.25) is 9.79 Å². The molecule has 0 heterocycles. The lowest BCUT2D eigenvalue weighted by atomic mass is 10.2. The summed E-state index contributed by atoms with van der Waals surface area (Å²) in [5.74, 6) is 0.145. The molecule has 0 saturated heterocycles. The van der Waals surface area contributed by atoms with E-state index >= 15 is 0 Å². The third kappa shape index (κ3) is 9.32. The quantitative estimate of drug-likeness (QED) is 0.294. The normalized spacial score (nSPS) is 12.8. The minimum Gasteiger partial charge on any atom is -0.404 e. The molecule has 1 amide bonds. The van der Waals surface area contributed by atoms with Gasteiger partial charge in [0.25, 0.3) is 5.91 Å². The topological polar surface area (TPSA) is 109 Å². The van der Waals surface area contributed by atoms with E-state index in [1.54, 1.807) is 32.1 Å². The Kier molecular flexibility index (Phi) is 12.1. The fourth-order valence-corrected chi connectivity index (χ4v) is 2.51. The van der Waals surface area contributed by atoms with Gasteiger partial charge in [-0.15, -0.1) is 0 Å². The molecule has 0 saturated carbocycles. The molecular weight excluding hydrogens is 415 g/mol. The second kappa shape index (κ2) is 14.0. The van der Waals surface area contributed by atoms with Gasteiger partial charge in [-0.25, -0.2) is 0 Å². The largest absolute Gasteiger partial charge is 0.404 e. The van der Waals surface area contributed by atoms with E-state index in [2.05, 4.69) is 15.6 Å². The van der Waals surface area contributed by atoms with Gasteiger partial charge in [0.15, 0.2) is 0 Å². The molecule has 0 atom stereocenters. The fraction of sp³-hybridized carbons (Fsp3) is 0.400. The number of aliphatic hydroxyl groups excluding tert-OH is 1. The van der Waals surface area contributed by atoms with E-state index in [9.17, 15) is 4.79 Å². The molecule has 7 nitrogen and oxygen atoms in total. The summed E-state index contributed by atoms with van der Waals surface area (Å²) in [4.78, 5) is 17.0. The molecule has 1 aromatic rings. The smallest absolute Gasteiger partial charge is 0.275 e. The number of nitrogens with two attached hydrogens (primary N) is 1. The average Bonchev–Trinajstić information content (AvgIpc) is 2.72. The summed E-state index contributed by atoms with van der Waals surface area (Å²) < 4.78 is 5.33. The lowest BCUT2D eigenvalue weighted by molar-refractivity contribution is -0.114. The van der Waals surface area contributed by atoms with E-state index in [0.29, 0.717) is 54.2 Å². The van der Waals surface area contributed by atoms with Crippen molar-refractivity contribution in [1.82, 2.24) is 10.6 Å². The number of aliphatic imine (C=N–C) groups is 1. The van der Waals surface area contributed by atoms with Gasteiger partial charge in [-0.1, -0.05) is 29.3 Å². The Bertz CT molecular complexity index is 764. The Labute approximate surface area is 181 Å². The highest BCUT2D eigenvalue weighted by molar-refractivity contribution is 6.45. The van der Waals surface area contributed by atoms with Crippen LogP contribution in [0.2, 0.25) is 10.0 Å². The summed E-state index contributed by atoms with van der Waals surface area (Å²) in [5, 5.41) is 15.6. The van der Waals surface area contributed by atoms with Gasteiger partial charge < -0.3 is 26.2 Å². The summed E-state index contributed by atoms with van der Waals surface area (Å²) in [6.07, 6.45) is 3.64. The summed E-state index contributed by atoms with van der Waals surface area (Å²) >= 11 is 12.0. The van der Waals surface area contributed by atoms with Gasteiger partial charge in [0, 0.05) is 19.8 Å². The molecule has 0 radical (unpaired) electrons. The zero-order valence-corrected chi connectivity index (χ0v) is 18.2. The van der Waals surface area contributed by atoms with Gasteiger partial charge >= 0.3 is 0 Å². The minimum atomic E-state index is -0.380. The van der Waals surface area contributed by atoms with Crippen LogP contribution in [0.25, 0.3) is 0 Å². The van der Waals surface area contributed by atoms with Crippen molar-refractivity contribution in [3.05, 3.63) is 57.5 Å². The van der Waals surface area contributed by atoms with Crippen LogP contribution in [-0.4, -0.2) is 43.1 Å². The maximum Gasteiger partial charge on any atom is 0.275 e. The molecule has 0 aromatic heterocycles. The van der Waals surface area contributed by atoms with Crippen LogP contribution in [0.15, 0.2) is 46.9 Å². The number of nitrogens with one attached hydrogen (secondary N) is 2. The van der Waals surface area contributed by atoms with E-state index in [-0.39, 0.29) is 18.2 Å². The van der Waals surface area contributed by atoms with E-state index in [0.717, 1.165) is 5.56 Å². The molecule has 0 aliphatic carbocycles. The SMILES string of the molecule is CC=C(NCc1ccc(Cl)c(Cl)c1)NC(=O)C(=NCCOCCCO)C(C)=CN. The summed E-state index contributed by atoms with van der Waals surface area (Å²) in [5.41, 5.74) is 7.27. The first kappa shape index (κ1) is 25.0. The van der Waals surface area contributed by atoms with Crippen LogP contribution in [0.3, 0.4) is 0 Å². The number of rotatable bonds is 12. The second-order valence-electron chi connectivity index (χ2n) is 6.03. The molecule has 0 bridgehead atoms. The number of hydrogen-bond donors (Lipinski definition) is 4. The van der Waals surface area contributed by atoms with Crippen LogP contribution < -0.4 is 16.4 Å². The van der Waals surface area contributed by atoms with E-state index < -0.39 is 0 Å². The van der Waals surface area contributed by atoms with Gasteiger partial charge in [-0.05, 0) is 55.8 Å². The second-order valence-corrected chi connectivity index (χ2v) is 6.84. The molecule has 9 heteroatoms. The molecule has 0 aliphatic heterocycles. The Hall–Kier alpha value is -2.06. The van der Waals surface area contributed by atoms with Crippen molar-refractivity contribution in [3.8, 4) is 0 Å². The number of allylic oxidation sites excluding steroid dienone is 1. The molecule has 0 spiro atoms. The molecule has 0 aliphatic rings. The Balaban J connectivity index is 2.68. The highest BCUT2D eigenvalue weighted by atomic mass is 35.5. The lowest BCUT2D eigenvalue weighted by Crippen LogP contribution is -2.36. The first-order chi connectivity index (χ1) is 13.9. The number of carbonyl (C=O) groups excluding carboxylic acids is 1. The molecular formula is C20H28Cl2N4O3. The van der Waals surface area contributed by atoms with Crippen molar-refractivity contribution in [2.45, 2.75) is 26.8 Å². The van der Waals surface area contributed by atoms with Crippen molar-refractivity contribution in [1.29, 1.82) is 0 Å². The molecule has 5 N–H and O–H groups in total. The van der Waals surface area contributed by atoms with E-state index in [1.807, 2.05) is 6.07 Å². The highest BCUT2D eigenvalue weighted by Crippen LogP contribution is 2.22. The first-order valence-electron chi connectivity index (χ1n) is 9.20. The number of nitrogens with zero attached hydrogens (tertiary/aromatic N) is 1. The van der Waals surface area contributed by atoms with Gasteiger partial charge in [0.1, 0.15) is 11.5 Å². The number of aliphatic hydroxyl groups is 1. The third-order valence-corrected chi connectivity index (χ3v) is 4.53. The van der Waals surface area contributed by atoms with E-state index in [4.69, 9.17) is 38.8 Å². The number of hydrogen-bond acceptors (Lipinski definition) is 6. The molecule has 29 heavy (non-hydrogen) atoms. The number of carbonyl (C=O) groups is 1.